The van der Waals surface area contributed by atoms with Gasteiger partial charge in [0, 0.05) is 49.8 Å². The Morgan fingerprint density at radius 3 is 2.74 bits per heavy atom. The van der Waals surface area contributed by atoms with Crippen LogP contribution >= 0.6 is 34.3 Å². The Labute approximate surface area is 213 Å². The monoisotopic (exact) mass is 522 g/mol. The fraction of sp³-hybridized carbons (Fsp3) is 0.609. The predicted octanol–water partition coefficient (Wildman–Crippen LogP) is 3.74. The molecule has 2 N–H and O–H groups in total. The standard InChI is InChI=1S/C23H31ClN6O2S2/c1-31-10-4-23(25,21-26-5-13-33-21)16-2-6-29(7-3-16)15-17-14-18-19(34-17)20(28-22(24)27-18)30-8-11-32-12-9-30/h5,13-14,16H,2-4,6-12,15,25H2,1H3. The molecule has 184 valence electrons. The lowest BCUT2D eigenvalue weighted by molar-refractivity contribution is 0.0919. The SMILES string of the molecule is COCCC(N)(c1nccs1)C1CCN(Cc2cc3nc(Cl)nc(N4CCOCC4)c3s2)CC1. The molecule has 2 aliphatic rings. The summed E-state index contributed by atoms with van der Waals surface area (Å²) >= 11 is 9.70. The molecule has 5 heterocycles. The number of methoxy groups -OCH3 is 1. The van der Waals surface area contributed by atoms with E-state index in [-0.39, 0.29) is 0 Å². The molecule has 3 aromatic heterocycles. The Balaban J connectivity index is 1.28. The zero-order valence-electron chi connectivity index (χ0n) is 19.4. The van der Waals surface area contributed by atoms with Crippen LogP contribution in [-0.2, 0) is 21.6 Å². The number of rotatable bonds is 8. The molecule has 0 amide bonds. The number of thiazole rings is 1. The summed E-state index contributed by atoms with van der Waals surface area (Å²) in [5.74, 6) is 1.33. The third-order valence-electron chi connectivity index (χ3n) is 6.93. The van der Waals surface area contributed by atoms with Crippen molar-refractivity contribution in [2.45, 2.75) is 31.3 Å². The molecular weight excluding hydrogens is 492 g/mol. The lowest BCUT2D eigenvalue weighted by Crippen LogP contribution is -2.49. The van der Waals surface area contributed by atoms with Gasteiger partial charge >= 0.3 is 0 Å². The molecule has 2 saturated heterocycles. The van der Waals surface area contributed by atoms with Gasteiger partial charge in [0.25, 0.3) is 0 Å². The summed E-state index contributed by atoms with van der Waals surface area (Å²) < 4.78 is 12.0. The number of likely N-dealkylation sites (tertiary alicyclic amines) is 1. The summed E-state index contributed by atoms with van der Waals surface area (Å²) in [5.41, 5.74) is 7.49. The number of hydrogen-bond acceptors (Lipinski definition) is 10. The van der Waals surface area contributed by atoms with E-state index in [1.54, 1.807) is 29.8 Å². The van der Waals surface area contributed by atoms with Crippen LogP contribution < -0.4 is 10.6 Å². The quantitative estimate of drug-likeness (QED) is 0.447. The third-order valence-corrected chi connectivity index (χ3v) is 9.17. The number of anilines is 1. The van der Waals surface area contributed by atoms with Crippen molar-refractivity contribution in [3.05, 3.63) is 32.8 Å². The Bertz CT molecular complexity index is 1080. The predicted molar refractivity (Wildman–Crippen MR) is 138 cm³/mol. The largest absolute Gasteiger partial charge is 0.385 e. The average molecular weight is 523 g/mol. The van der Waals surface area contributed by atoms with E-state index in [1.807, 2.05) is 11.6 Å². The molecule has 0 spiro atoms. The molecule has 3 aromatic rings. The number of halogens is 1. The minimum absolute atomic E-state index is 0.302. The van der Waals surface area contributed by atoms with Crippen LogP contribution in [0, 0.1) is 5.92 Å². The smallest absolute Gasteiger partial charge is 0.224 e. The maximum Gasteiger partial charge on any atom is 0.224 e. The highest BCUT2D eigenvalue weighted by atomic mass is 35.5. The zero-order valence-corrected chi connectivity index (χ0v) is 21.8. The topological polar surface area (TPSA) is 89.6 Å². The molecule has 0 saturated carbocycles. The fourth-order valence-corrected chi connectivity index (χ4v) is 7.23. The first-order valence-electron chi connectivity index (χ1n) is 11.8. The molecule has 2 fully saturated rings. The van der Waals surface area contributed by atoms with Crippen LogP contribution in [0.25, 0.3) is 10.2 Å². The highest BCUT2D eigenvalue weighted by molar-refractivity contribution is 7.19. The van der Waals surface area contributed by atoms with Gasteiger partial charge in [-0.3, -0.25) is 4.90 Å². The number of fused-ring (bicyclic) bond motifs is 1. The fourth-order valence-electron chi connectivity index (χ4n) is 5.04. The molecule has 11 heteroatoms. The van der Waals surface area contributed by atoms with Crippen molar-refractivity contribution in [3.63, 3.8) is 0 Å². The maximum atomic E-state index is 6.99. The second-order valence-electron chi connectivity index (χ2n) is 9.01. The lowest BCUT2D eigenvalue weighted by Gasteiger charge is -2.41. The first-order chi connectivity index (χ1) is 16.6. The van der Waals surface area contributed by atoms with Crippen molar-refractivity contribution < 1.29 is 9.47 Å². The number of morpholine rings is 1. The van der Waals surface area contributed by atoms with Crippen LogP contribution in [0.3, 0.4) is 0 Å². The van der Waals surface area contributed by atoms with Gasteiger partial charge < -0.3 is 20.1 Å². The maximum absolute atomic E-state index is 6.99. The van der Waals surface area contributed by atoms with Crippen molar-refractivity contribution in [1.29, 1.82) is 0 Å². The van der Waals surface area contributed by atoms with E-state index in [0.29, 0.717) is 31.0 Å². The number of aromatic nitrogens is 3. The van der Waals surface area contributed by atoms with Gasteiger partial charge in [0.2, 0.25) is 5.28 Å². The number of nitrogens with zero attached hydrogens (tertiary/aromatic N) is 5. The van der Waals surface area contributed by atoms with Crippen LogP contribution in [0.15, 0.2) is 17.6 Å². The van der Waals surface area contributed by atoms with Gasteiger partial charge in [-0.25, -0.2) is 9.97 Å². The van der Waals surface area contributed by atoms with Gasteiger partial charge in [0.15, 0.2) is 5.82 Å². The molecule has 34 heavy (non-hydrogen) atoms. The number of nitrogens with two attached hydrogens (primary N) is 1. The Morgan fingerprint density at radius 2 is 2.03 bits per heavy atom. The molecule has 0 aliphatic carbocycles. The molecule has 2 aliphatic heterocycles. The van der Waals surface area contributed by atoms with Crippen LogP contribution in [-0.4, -0.2) is 73.0 Å². The van der Waals surface area contributed by atoms with Gasteiger partial charge in [-0.05, 0) is 55.9 Å². The number of thiophene rings is 1. The Hall–Kier alpha value is -1.40. The molecule has 0 bridgehead atoms. The first-order valence-corrected chi connectivity index (χ1v) is 13.8. The molecule has 5 rings (SSSR count). The normalized spacial score (nSPS) is 20.1. The van der Waals surface area contributed by atoms with Gasteiger partial charge in [-0.2, -0.15) is 4.98 Å². The molecule has 0 radical (unpaired) electrons. The van der Waals surface area contributed by atoms with Gasteiger partial charge in [-0.1, -0.05) is 0 Å². The van der Waals surface area contributed by atoms with Gasteiger partial charge in [0.05, 0.1) is 29.0 Å². The molecule has 0 aromatic carbocycles. The molecule has 1 unspecified atom stereocenters. The Kier molecular flexibility index (Phi) is 7.64. The number of hydrogen-bond donors (Lipinski definition) is 1. The second-order valence-corrected chi connectivity index (χ2v) is 11.4. The minimum Gasteiger partial charge on any atom is -0.385 e. The van der Waals surface area contributed by atoms with Crippen LogP contribution in [0.4, 0.5) is 5.82 Å². The van der Waals surface area contributed by atoms with Crippen LogP contribution in [0.2, 0.25) is 5.28 Å². The highest BCUT2D eigenvalue weighted by Crippen LogP contribution is 2.39. The first kappa shape index (κ1) is 24.3. The molecule has 1 atom stereocenters. The van der Waals surface area contributed by atoms with Crippen molar-refractivity contribution in [3.8, 4) is 0 Å². The van der Waals surface area contributed by atoms with E-state index < -0.39 is 5.54 Å². The second kappa shape index (κ2) is 10.7. The average Bonchev–Trinajstić information content (AvgIpc) is 3.53. The van der Waals surface area contributed by atoms with E-state index >= 15 is 0 Å². The molecule has 8 nitrogen and oxygen atoms in total. The number of ether oxygens (including phenoxy) is 2. The number of piperidine rings is 1. The van der Waals surface area contributed by atoms with Crippen molar-refractivity contribution in [2.24, 2.45) is 11.7 Å². The summed E-state index contributed by atoms with van der Waals surface area (Å²) in [6.45, 7) is 6.65. The van der Waals surface area contributed by atoms with Gasteiger partial charge in [0.1, 0.15) is 5.01 Å². The summed E-state index contributed by atoms with van der Waals surface area (Å²) in [5, 5.41) is 3.34. The summed E-state index contributed by atoms with van der Waals surface area (Å²) in [4.78, 5) is 19.7. The van der Waals surface area contributed by atoms with Crippen molar-refractivity contribution >= 4 is 50.3 Å². The third kappa shape index (κ3) is 5.09. The molecular formula is C23H31ClN6O2S2. The van der Waals surface area contributed by atoms with Gasteiger partial charge in [-0.15, -0.1) is 22.7 Å². The van der Waals surface area contributed by atoms with E-state index in [1.165, 1.54) is 4.88 Å². The van der Waals surface area contributed by atoms with Crippen molar-refractivity contribution in [2.75, 3.05) is 58.0 Å². The summed E-state index contributed by atoms with van der Waals surface area (Å²) in [6.07, 6.45) is 4.75. The van der Waals surface area contributed by atoms with E-state index in [0.717, 1.165) is 73.0 Å². The Morgan fingerprint density at radius 1 is 1.24 bits per heavy atom. The van der Waals surface area contributed by atoms with Crippen LogP contribution in [0.5, 0.6) is 0 Å². The highest BCUT2D eigenvalue weighted by Gasteiger charge is 2.40. The van der Waals surface area contributed by atoms with E-state index in [2.05, 4.69) is 30.8 Å². The van der Waals surface area contributed by atoms with Crippen LogP contribution in [0.1, 0.15) is 29.1 Å². The van der Waals surface area contributed by atoms with E-state index in [9.17, 15) is 0 Å². The van der Waals surface area contributed by atoms with Crippen molar-refractivity contribution in [1.82, 2.24) is 19.9 Å². The van der Waals surface area contributed by atoms with E-state index in [4.69, 9.17) is 26.8 Å². The summed E-state index contributed by atoms with van der Waals surface area (Å²) in [7, 11) is 1.73. The lowest BCUT2D eigenvalue weighted by atomic mass is 9.76. The minimum atomic E-state index is -0.423. The summed E-state index contributed by atoms with van der Waals surface area (Å²) in [6, 6.07) is 2.17. The zero-order chi connectivity index (χ0) is 23.5.